The van der Waals surface area contributed by atoms with Gasteiger partial charge in [-0.3, -0.25) is 4.79 Å². The van der Waals surface area contributed by atoms with Crippen LogP contribution in [-0.4, -0.2) is 51.5 Å². The zero-order chi connectivity index (χ0) is 19.0. The van der Waals surface area contributed by atoms with E-state index >= 15 is 0 Å². The molecule has 0 spiro atoms. The highest BCUT2D eigenvalue weighted by atomic mass is 32.2. The number of benzene rings is 2. The van der Waals surface area contributed by atoms with Gasteiger partial charge in [0.2, 0.25) is 15.9 Å². The van der Waals surface area contributed by atoms with Gasteiger partial charge in [0.25, 0.3) is 0 Å². The number of nitrogens with zero attached hydrogens (tertiary/aromatic N) is 2. The number of amides is 1. The van der Waals surface area contributed by atoms with Crippen LogP contribution in [0.1, 0.15) is 5.56 Å². The molecule has 2 aliphatic rings. The first kappa shape index (κ1) is 18.0. The molecule has 2 heterocycles. The van der Waals surface area contributed by atoms with E-state index in [1.54, 1.807) is 55.6 Å². The number of rotatable bonds is 5. The molecule has 7 nitrogen and oxygen atoms in total. The molecule has 1 atom stereocenters. The van der Waals surface area contributed by atoms with Crippen molar-refractivity contribution in [2.24, 2.45) is 0 Å². The molecule has 1 amide bonds. The van der Waals surface area contributed by atoms with Crippen LogP contribution in [0, 0.1) is 0 Å². The van der Waals surface area contributed by atoms with Gasteiger partial charge in [-0.05, 0) is 29.8 Å². The van der Waals surface area contributed by atoms with Gasteiger partial charge >= 0.3 is 0 Å². The lowest BCUT2D eigenvalue weighted by Crippen LogP contribution is -2.40. The Morgan fingerprint density at radius 1 is 1.15 bits per heavy atom. The van der Waals surface area contributed by atoms with E-state index in [1.165, 1.54) is 9.21 Å². The molecule has 0 aliphatic carbocycles. The third kappa shape index (κ3) is 3.55. The number of ether oxygens (including phenoxy) is 2. The van der Waals surface area contributed by atoms with E-state index in [9.17, 15) is 13.2 Å². The lowest BCUT2D eigenvalue weighted by Gasteiger charge is -2.21. The first-order chi connectivity index (χ1) is 13.0. The summed E-state index contributed by atoms with van der Waals surface area (Å²) < 4.78 is 38.1. The second-order valence-electron chi connectivity index (χ2n) is 6.55. The first-order valence-corrected chi connectivity index (χ1v) is 10.1. The largest absolute Gasteiger partial charge is 0.497 e. The van der Waals surface area contributed by atoms with Gasteiger partial charge < -0.3 is 14.4 Å². The van der Waals surface area contributed by atoms with Crippen molar-refractivity contribution >= 4 is 21.6 Å². The van der Waals surface area contributed by atoms with Crippen LogP contribution in [0.5, 0.6) is 5.75 Å². The van der Waals surface area contributed by atoms with E-state index in [0.717, 1.165) is 5.56 Å². The van der Waals surface area contributed by atoms with Crippen LogP contribution < -0.4 is 9.64 Å². The van der Waals surface area contributed by atoms with Crippen molar-refractivity contribution in [3.05, 3.63) is 54.1 Å². The number of epoxide rings is 1. The number of carbonyl (C=O) groups is 1. The summed E-state index contributed by atoms with van der Waals surface area (Å²) in [6.07, 6.45) is -0.0298. The molecule has 0 radical (unpaired) electrons. The van der Waals surface area contributed by atoms with E-state index in [2.05, 4.69) is 0 Å². The number of carbonyl (C=O) groups excluding carboxylic acids is 1. The molecule has 142 valence electrons. The summed E-state index contributed by atoms with van der Waals surface area (Å²) in [5, 5.41) is 0. The van der Waals surface area contributed by atoms with Gasteiger partial charge in [0.15, 0.2) is 0 Å². The smallest absolute Gasteiger partial charge is 0.245 e. The van der Waals surface area contributed by atoms with Crippen molar-refractivity contribution in [3.8, 4) is 5.75 Å². The molecule has 2 aromatic rings. The van der Waals surface area contributed by atoms with E-state index in [0.29, 0.717) is 24.6 Å². The Morgan fingerprint density at radius 2 is 1.85 bits per heavy atom. The van der Waals surface area contributed by atoms with Gasteiger partial charge in [0.1, 0.15) is 10.6 Å². The minimum atomic E-state index is -3.82. The normalized spacial score (nSPS) is 21.4. The Labute approximate surface area is 158 Å². The summed E-state index contributed by atoms with van der Waals surface area (Å²) in [6.45, 7) is 0.853. The minimum absolute atomic E-state index is 0.0298. The molecule has 2 aromatic carbocycles. The number of fused-ring (bicyclic) bond motifs is 1. The van der Waals surface area contributed by atoms with Gasteiger partial charge in [-0.2, -0.15) is 4.31 Å². The Morgan fingerprint density at radius 3 is 2.52 bits per heavy atom. The fraction of sp³-hybridized carbons (Fsp3) is 0.316. The monoisotopic (exact) mass is 388 g/mol. The molecule has 1 fully saturated rings. The Hall–Kier alpha value is -2.42. The van der Waals surface area contributed by atoms with Crippen LogP contribution in [0.15, 0.2) is 53.4 Å². The lowest BCUT2D eigenvalue weighted by molar-refractivity contribution is -0.118. The van der Waals surface area contributed by atoms with Gasteiger partial charge in [0, 0.05) is 6.54 Å². The average molecular weight is 388 g/mol. The predicted octanol–water partition coefficient (Wildman–Crippen LogP) is 1.63. The third-order valence-corrected chi connectivity index (χ3v) is 6.53. The number of anilines is 1. The zero-order valence-electron chi connectivity index (χ0n) is 14.9. The average Bonchev–Trinajstić information content (AvgIpc) is 3.50. The van der Waals surface area contributed by atoms with Crippen LogP contribution >= 0.6 is 0 Å². The van der Waals surface area contributed by atoms with Crippen LogP contribution in [0.4, 0.5) is 5.69 Å². The van der Waals surface area contributed by atoms with E-state index in [4.69, 9.17) is 9.47 Å². The standard InChI is InChI=1S/C19H20N2O5S/c1-25-15-8-6-14(7-9-15)10-20-12-19(22)21(11-16-13-26-16)17-4-2-3-5-18(17)27(20,23)24/h2-9,16H,10-13H2,1H3. The molecule has 4 rings (SSSR count). The van der Waals surface area contributed by atoms with Crippen LogP contribution in [0.3, 0.4) is 0 Å². The minimum Gasteiger partial charge on any atom is -0.497 e. The molecular weight excluding hydrogens is 368 g/mol. The number of methoxy groups -OCH3 is 1. The number of hydrogen-bond donors (Lipinski definition) is 0. The van der Waals surface area contributed by atoms with Gasteiger partial charge in [-0.15, -0.1) is 0 Å². The molecule has 1 saturated heterocycles. The van der Waals surface area contributed by atoms with E-state index < -0.39 is 10.0 Å². The van der Waals surface area contributed by atoms with Crippen molar-refractivity contribution in [2.75, 3.05) is 31.7 Å². The van der Waals surface area contributed by atoms with E-state index in [1.807, 2.05) is 0 Å². The fourth-order valence-corrected chi connectivity index (χ4v) is 4.72. The summed E-state index contributed by atoms with van der Waals surface area (Å²) >= 11 is 0. The summed E-state index contributed by atoms with van der Waals surface area (Å²) in [7, 11) is -2.24. The lowest BCUT2D eigenvalue weighted by atomic mass is 10.2. The van der Waals surface area contributed by atoms with Crippen LogP contribution in [0.25, 0.3) is 0 Å². The maximum Gasteiger partial charge on any atom is 0.245 e. The quantitative estimate of drug-likeness (QED) is 0.728. The zero-order valence-corrected chi connectivity index (χ0v) is 15.7. The highest BCUT2D eigenvalue weighted by Gasteiger charge is 2.38. The summed E-state index contributed by atoms with van der Waals surface area (Å²) in [4.78, 5) is 14.5. The van der Waals surface area contributed by atoms with Crippen molar-refractivity contribution < 1.29 is 22.7 Å². The molecular formula is C19H20N2O5S. The van der Waals surface area contributed by atoms with Gasteiger partial charge in [-0.25, -0.2) is 8.42 Å². The van der Waals surface area contributed by atoms with Crippen molar-refractivity contribution in [1.82, 2.24) is 4.31 Å². The second kappa shape index (κ2) is 6.95. The van der Waals surface area contributed by atoms with E-state index in [-0.39, 0.29) is 30.0 Å². The molecule has 1 unspecified atom stereocenters. The maximum atomic E-state index is 13.2. The number of hydrogen-bond acceptors (Lipinski definition) is 5. The maximum absolute atomic E-state index is 13.2. The summed E-state index contributed by atoms with van der Waals surface area (Å²) in [5.41, 5.74) is 1.19. The molecule has 0 saturated carbocycles. The Bertz CT molecular complexity index is 954. The van der Waals surface area contributed by atoms with Crippen molar-refractivity contribution in [2.45, 2.75) is 17.5 Å². The topological polar surface area (TPSA) is 79.5 Å². The number of para-hydroxylation sites is 1. The van der Waals surface area contributed by atoms with Crippen LogP contribution in [0.2, 0.25) is 0 Å². The SMILES string of the molecule is COc1ccc(CN2CC(=O)N(CC3CO3)c3ccccc3S2(=O)=O)cc1. The molecule has 0 N–H and O–H groups in total. The fourth-order valence-electron chi connectivity index (χ4n) is 3.15. The Balaban J connectivity index is 1.70. The Kier molecular flexibility index (Phi) is 4.63. The van der Waals surface area contributed by atoms with Crippen molar-refractivity contribution in [3.63, 3.8) is 0 Å². The predicted molar refractivity (Wildman–Crippen MR) is 99.1 cm³/mol. The van der Waals surface area contributed by atoms with Gasteiger partial charge in [-0.1, -0.05) is 24.3 Å². The molecule has 2 aliphatic heterocycles. The van der Waals surface area contributed by atoms with Crippen molar-refractivity contribution in [1.29, 1.82) is 0 Å². The third-order valence-electron chi connectivity index (χ3n) is 4.69. The summed E-state index contributed by atoms with van der Waals surface area (Å²) in [5.74, 6) is 0.432. The summed E-state index contributed by atoms with van der Waals surface area (Å²) in [6, 6.07) is 13.8. The molecule has 27 heavy (non-hydrogen) atoms. The highest BCUT2D eigenvalue weighted by molar-refractivity contribution is 7.89. The molecule has 0 aromatic heterocycles. The molecule has 0 bridgehead atoms. The second-order valence-corrected chi connectivity index (χ2v) is 8.45. The molecule has 8 heteroatoms. The van der Waals surface area contributed by atoms with Gasteiger partial charge in [0.05, 0.1) is 38.6 Å². The number of sulfonamides is 1. The highest BCUT2D eigenvalue weighted by Crippen LogP contribution is 2.33. The first-order valence-electron chi connectivity index (χ1n) is 8.63. The van der Waals surface area contributed by atoms with Crippen LogP contribution in [-0.2, 0) is 26.1 Å².